The molecule has 2 aromatic rings. The van der Waals surface area contributed by atoms with Crippen molar-refractivity contribution in [1.82, 2.24) is 14.5 Å². The smallest absolute Gasteiger partial charge is 0.203 e. The quantitative estimate of drug-likeness (QED) is 0.761. The van der Waals surface area contributed by atoms with Crippen molar-refractivity contribution in [2.45, 2.75) is 12.5 Å². The normalized spacial score (nSPS) is 19.3. The van der Waals surface area contributed by atoms with E-state index in [1.54, 1.807) is 0 Å². The average Bonchev–Trinajstić information content (AvgIpc) is 2.78. The van der Waals surface area contributed by atoms with Crippen LogP contribution in [0.2, 0.25) is 0 Å². The number of pyridine rings is 1. The number of fused-ring (bicyclic) bond motifs is 1. The maximum Gasteiger partial charge on any atom is 0.203 e. The average molecular weight is 200 g/mol. The second kappa shape index (κ2) is 3.38. The molecule has 4 heteroatoms. The van der Waals surface area contributed by atoms with Gasteiger partial charge in [0.2, 0.25) is 5.95 Å². The molecule has 15 heavy (non-hydrogen) atoms. The van der Waals surface area contributed by atoms with Gasteiger partial charge in [0.1, 0.15) is 0 Å². The molecule has 0 saturated carbocycles. The maximum atomic E-state index is 4.27. The molecule has 0 saturated heterocycles. The van der Waals surface area contributed by atoms with E-state index in [-0.39, 0.29) is 0 Å². The minimum atomic E-state index is 0.395. The largest absolute Gasteiger partial charge is 0.356 e. The van der Waals surface area contributed by atoms with E-state index in [2.05, 4.69) is 32.0 Å². The highest BCUT2D eigenvalue weighted by Gasteiger charge is 2.20. The van der Waals surface area contributed by atoms with E-state index in [1.807, 2.05) is 24.8 Å². The monoisotopic (exact) mass is 200 g/mol. The van der Waals surface area contributed by atoms with Crippen molar-refractivity contribution >= 4 is 5.95 Å². The van der Waals surface area contributed by atoms with E-state index in [0.717, 1.165) is 18.9 Å². The highest BCUT2D eigenvalue weighted by molar-refractivity contribution is 5.33. The number of rotatable bonds is 1. The molecule has 3 rings (SSSR count). The second-order valence-corrected chi connectivity index (χ2v) is 3.67. The fraction of sp³-hybridized carbons (Fsp3) is 0.273. The molecular formula is C11H12N4. The molecule has 1 atom stereocenters. The minimum absolute atomic E-state index is 0.395. The summed E-state index contributed by atoms with van der Waals surface area (Å²) < 4.78 is 2.18. The van der Waals surface area contributed by atoms with Gasteiger partial charge in [0.05, 0.1) is 6.04 Å². The van der Waals surface area contributed by atoms with Gasteiger partial charge < -0.3 is 9.88 Å². The molecule has 76 valence electrons. The number of imidazole rings is 1. The molecular weight excluding hydrogens is 188 g/mol. The summed E-state index contributed by atoms with van der Waals surface area (Å²) in [5.74, 6) is 0.961. The molecule has 0 amide bonds. The molecule has 3 heterocycles. The summed E-state index contributed by atoms with van der Waals surface area (Å²) in [6, 6.07) is 4.53. The Morgan fingerprint density at radius 1 is 1.27 bits per heavy atom. The Morgan fingerprint density at radius 2 is 2.13 bits per heavy atom. The lowest BCUT2D eigenvalue weighted by atomic mass is 10.0. The Labute approximate surface area is 88.0 Å². The van der Waals surface area contributed by atoms with Gasteiger partial charge in [0.15, 0.2) is 0 Å². The van der Waals surface area contributed by atoms with Gasteiger partial charge in [-0.2, -0.15) is 0 Å². The molecule has 1 N–H and O–H groups in total. The first-order valence-corrected chi connectivity index (χ1v) is 5.12. The van der Waals surface area contributed by atoms with Crippen LogP contribution in [-0.4, -0.2) is 21.1 Å². The van der Waals surface area contributed by atoms with Crippen LogP contribution in [0.4, 0.5) is 5.95 Å². The van der Waals surface area contributed by atoms with Gasteiger partial charge in [-0.05, 0) is 24.1 Å². The SMILES string of the molecule is c1cc(C2CCNc3nccn32)ccn1. The molecule has 4 nitrogen and oxygen atoms in total. The van der Waals surface area contributed by atoms with Gasteiger partial charge >= 0.3 is 0 Å². The molecule has 1 unspecified atom stereocenters. The third-order valence-corrected chi connectivity index (χ3v) is 2.80. The molecule has 0 radical (unpaired) electrons. The predicted octanol–water partition coefficient (Wildman–Crippen LogP) is 1.68. The topological polar surface area (TPSA) is 42.7 Å². The van der Waals surface area contributed by atoms with Crippen molar-refractivity contribution in [1.29, 1.82) is 0 Å². The van der Waals surface area contributed by atoms with Crippen molar-refractivity contribution < 1.29 is 0 Å². The lowest BCUT2D eigenvalue weighted by molar-refractivity contribution is 0.530. The predicted molar refractivity (Wildman–Crippen MR) is 57.7 cm³/mol. The number of hydrogen-bond donors (Lipinski definition) is 1. The van der Waals surface area contributed by atoms with Crippen molar-refractivity contribution in [3.8, 4) is 0 Å². The summed E-state index contributed by atoms with van der Waals surface area (Å²) in [4.78, 5) is 8.31. The summed E-state index contributed by atoms with van der Waals surface area (Å²) in [7, 11) is 0. The van der Waals surface area contributed by atoms with E-state index in [4.69, 9.17) is 0 Å². The Balaban J connectivity index is 2.03. The maximum absolute atomic E-state index is 4.27. The highest BCUT2D eigenvalue weighted by atomic mass is 15.2. The van der Waals surface area contributed by atoms with Crippen molar-refractivity contribution in [2.75, 3.05) is 11.9 Å². The number of anilines is 1. The Hall–Kier alpha value is -1.84. The Bertz CT molecular complexity index is 449. The zero-order valence-corrected chi connectivity index (χ0v) is 8.30. The first kappa shape index (κ1) is 8.47. The number of nitrogens with one attached hydrogen (secondary N) is 1. The van der Waals surface area contributed by atoms with Crippen LogP contribution in [0, 0.1) is 0 Å². The van der Waals surface area contributed by atoms with Crippen molar-refractivity contribution in [3.63, 3.8) is 0 Å². The fourth-order valence-electron chi connectivity index (χ4n) is 2.07. The van der Waals surface area contributed by atoms with E-state index in [1.165, 1.54) is 5.56 Å². The number of aromatic nitrogens is 3. The molecule has 1 aliphatic rings. The lowest BCUT2D eigenvalue weighted by Crippen LogP contribution is -2.23. The summed E-state index contributed by atoms with van der Waals surface area (Å²) in [6.45, 7) is 0.976. The van der Waals surface area contributed by atoms with E-state index in [0.29, 0.717) is 6.04 Å². The Kier molecular flexibility index (Phi) is 1.91. The molecule has 2 aromatic heterocycles. The van der Waals surface area contributed by atoms with Crippen LogP contribution >= 0.6 is 0 Å². The summed E-state index contributed by atoms with van der Waals surface area (Å²) in [5.41, 5.74) is 1.30. The summed E-state index contributed by atoms with van der Waals surface area (Å²) in [6.07, 6.45) is 8.63. The third-order valence-electron chi connectivity index (χ3n) is 2.80. The third kappa shape index (κ3) is 1.38. The minimum Gasteiger partial charge on any atom is -0.356 e. The zero-order chi connectivity index (χ0) is 10.1. The van der Waals surface area contributed by atoms with Gasteiger partial charge in [0.25, 0.3) is 0 Å². The van der Waals surface area contributed by atoms with Gasteiger partial charge in [-0.1, -0.05) is 0 Å². The van der Waals surface area contributed by atoms with Crippen LogP contribution < -0.4 is 5.32 Å². The van der Waals surface area contributed by atoms with E-state index in [9.17, 15) is 0 Å². The van der Waals surface area contributed by atoms with Crippen LogP contribution in [0.3, 0.4) is 0 Å². The molecule has 0 aliphatic carbocycles. The van der Waals surface area contributed by atoms with E-state index >= 15 is 0 Å². The van der Waals surface area contributed by atoms with Crippen LogP contribution in [-0.2, 0) is 0 Å². The molecule has 1 aliphatic heterocycles. The van der Waals surface area contributed by atoms with Crippen LogP contribution in [0.15, 0.2) is 36.9 Å². The van der Waals surface area contributed by atoms with Gasteiger partial charge in [-0.25, -0.2) is 4.98 Å². The van der Waals surface area contributed by atoms with Gasteiger partial charge in [-0.3, -0.25) is 4.98 Å². The first-order chi connectivity index (χ1) is 7.45. The molecule has 0 fully saturated rings. The van der Waals surface area contributed by atoms with Gasteiger partial charge in [-0.15, -0.1) is 0 Å². The summed E-state index contributed by atoms with van der Waals surface area (Å²) in [5, 5.41) is 3.28. The zero-order valence-electron chi connectivity index (χ0n) is 8.30. The Morgan fingerprint density at radius 3 is 3.00 bits per heavy atom. The number of nitrogens with zero attached hydrogens (tertiary/aromatic N) is 3. The first-order valence-electron chi connectivity index (χ1n) is 5.12. The van der Waals surface area contributed by atoms with Crippen LogP contribution in [0.1, 0.15) is 18.0 Å². The standard InChI is InChI=1S/C11H12N4/c1-4-12-5-2-9(1)10-3-6-13-11-14-7-8-15(10)11/h1-2,4-5,7-8,10H,3,6H2,(H,13,14). The number of hydrogen-bond acceptors (Lipinski definition) is 3. The van der Waals surface area contributed by atoms with Gasteiger partial charge in [0, 0.05) is 31.3 Å². The molecule has 0 spiro atoms. The van der Waals surface area contributed by atoms with Crippen LogP contribution in [0.5, 0.6) is 0 Å². The molecule has 0 aromatic carbocycles. The fourth-order valence-corrected chi connectivity index (χ4v) is 2.07. The highest BCUT2D eigenvalue weighted by Crippen LogP contribution is 2.27. The second-order valence-electron chi connectivity index (χ2n) is 3.67. The lowest BCUT2D eigenvalue weighted by Gasteiger charge is -2.26. The summed E-state index contributed by atoms with van der Waals surface area (Å²) >= 11 is 0. The van der Waals surface area contributed by atoms with Crippen LogP contribution in [0.25, 0.3) is 0 Å². The van der Waals surface area contributed by atoms with Crippen molar-refractivity contribution in [2.24, 2.45) is 0 Å². The van der Waals surface area contributed by atoms with E-state index < -0.39 is 0 Å². The van der Waals surface area contributed by atoms with Crippen molar-refractivity contribution in [3.05, 3.63) is 42.5 Å². The molecule has 0 bridgehead atoms.